The van der Waals surface area contributed by atoms with Gasteiger partial charge in [0.1, 0.15) is 28.7 Å². The molecule has 0 aliphatic heterocycles. The van der Waals surface area contributed by atoms with Gasteiger partial charge in [0.05, 0.1) is 13.0 Å². The number of carbonyl (C=O) groups is 3. The number of phenolic OH excluding ortho intramolecular Hbond substituents is 1. The van der Waals surface area contributed by atoms with Crippen molar-refractivity contribution in [3.8, 4) is 17.1 Å². The molecule has 0 bridgehead atoms. The molecule has 9 nitrogen and oxygen atoms in total. The largest absolute Gasteiger partial charge is 0.508 e. The predicted molar refractivity (Wildman–Crippen MR) is 116 cm³/mol. The van der Waals surface area contributed by atoms with E-state index in [1.54, 1.807) is 25.1 Å². The summed E-state index contributed by atoms with van der Waals surface area (Å²) in [5, 5.41) is 22.9. The number of rotatable bonds is 10. The number of carbonyl (C=O) groups excluding carboxylic acids is 2. The smallest absolute Gasteiger partial charge is 0.342 e. The number of carboxylic acid groups (broad SMARTS) is 1. The number of carboxylic acids is 1. The zero-order valence-corrected chi connectivity index (χ0v) is 17.5. The van der Waals surface area contributed by atoms with Crippen LogP contribution in [0.3, 0.4) is 0 Å². The molecule has 9 heteroatoms. The Kier molecular flexibility index (Phi) is 7.11. The van der Waals surface area contributed by atoms with Crippen LogP contribution >= 0.6 is 0 Å². The van der Waals surface area contributed by atoms with Gasteiger partial charge in [-0.3, -0.25) is 9.59 Å². The molecule has 3 rings (SSSR count). The van der Waals surface area contributed by atoms with Gasteiger partial charge in [-0.25, -0.2) is 4.79 Å². The molecular formula is C23H24N2O7. The molecule has 0 saturated heterocycles. The molecule has 0 radical (unpaired) electrons. The predicted octanol–water partition coefficient (Wildman–Crippen LogP) is 2.44. The number of esters is 1. The van der Waals surface area contributed by atoms with Gasteiger partial charge in [-0.1, -0.05) is 30.3 Å². The second-order valence-corrected chi connectivity index (χ2v) is 7.09. The Morgan fingerprint density at radius 2 is 1.88 bits per heavy atom. The van der Waals surface area contributed by atoms with Crippen LogP contribution in [0.4, 0.5) is 0 Å². The van der Waals surface area contributed by atoms with E-state index >= 15 is 0 Å². The van der Waals surface area contributed by atoms with Gasteiger partial charge >= 0.3 is 11.9 Å². The van der Waals surface area contributed by atoms with Crippen molar-refractivity contribution in [1.29, 1.82) is 0 Å². The van der Waals surface area contributed by atoms with E-state index in [4.69, 9.17) is 14.9 Å². The van der Waals surface area contributed by atoms with E-state index in [2.05, 4.69) is 5.32 Å². The van der Waals surface area contributed by atoms with Crippen molar-refractivity contribution in [2.45, 2.75) is 25.8 Å². The van der Waals surface area contributed by atoms with Crippen molar-refractivity contribution >= 4 is 28.8 Å². The molecule has 0 aliphatic carbocycles. The van der Waals surface area contributed by atoms with E-state index in [1.165, 1.54) is 6.07 Å². The third-order valence-corrected chi connectivity index (χ3v) is 4.92. The maximum atomic E-state index is 12.9. The Morgan fingerprint density at radius 1 is 1.16 bits per heavy atom. The Balaban J connectivity index is 2.03. The standard InChI is InChI=1S/C23H24N2O7/c1-2-31-23(30)20-19-14(10-11-25-15(22(28)29)12-18(24)27)16(26)8-9-17(19)32-21(20)13-6-4-3-5-7-13/h3-9,15,25-26H,2,10-12H2,1H3,(H2,24,27)(H,28,29)/t15-/m0/s1. The fourth-order valence-electron chi connectivity index (χ4n) is 3.51. The van der Waals surface area contributed by atoms with Gasteiger partial charge in [-0.2, -0.15) is 0 Å². The van der Waals surface area contributed by atoms with Crippen molar-refractivity contribution < 1.29 is 33.8 Å². The van der Waals surface area contributed by atoms with Crippen LogP contribution in [0.2, 0.25) is 0 Å². The van der Waals surface area contributed by atoms with E-state index in [-0.39, 0.29) is 37.3 Å². The number of nitrogens with one attached hydrogen (secondary N) is 1. The summed E-state index contributed by atoms with van der Waals surface area (Å²) in [6.07, 6.45) is -0.213. The molecule has 0 aliphatic rings. The number of hydrogen-bond acceptors (Lipinski definition) is 7. The van der Waals surface area contributed by atoms with Gasteiger partial charge in [-0.05, 0) is 25.5 Å². The number of amides is 1. The number of phenols is 1. The molecule has 0 saturated carbocycles. The molecule has 2 aromatic carbocycles. The molecule has 0 spiro atoms. The quantitative estimate of drug-likeness (QED) is 0.351. The molecule has 1 heterocycles. The molecule has 1 aromatic heterocycles. The minimum absolute atomic E-state index is 0.0768. The summed E-state index contributed by atoms with van der Waals surface area (Å²) < 4.78 is 11.2. The van der Waals surface area contributed by atoms with E-state index in [0.29, 0.717) is 27.9 Å². The first-order chi connectivity index (χ1) is 15.3. The van der Waals surface area contributed by atoms with E-state index in [9.17, 15) is 24.6 Å². The lowest BCUT2D eigenvalue weighted by atomic mass is 9.99. The lowest BCUT2D eigenvalue weighted by Gasteiger charge is -2.14. The first kappa shape index (κ1) is 22.8. The number of aromatic hydroxyl groups is 1. The first-order valence-electron chi connectivity index (χ1n) is 10.1. The minimum atomic E-state index is -1.21. The number of benzene rings is 2. The van der Waals surface area contributed by atoms with Gasteiger partial charge in [0.25, 0.3) is 0 Å². The number of nitrogens with two attached hydrogens (primary N) is 1. The number of primary amides is 1. The van der Waals surface area contributed by atoms with Crippen LogP contribution in [-0.4, -0.2) is 47.3 Å². The monoisotopic (exact) mass is 440 g/mol. The lowest BCUT2D eigenvalue weighted by Crippen LogP contribution is -2.40. The Hall–Kier alpha value is -3.85. The van der Waals surface area contributed by atoms with Crippen LogP contribution in [0.5, 0.6) is 5.75 Å². The molecule has 3 aromatic rings. The molecule has 1 atom stereocenters. The third-order valence-electron chi connectivity index (χ3n) is 4.92. The third kappa shape index (κ3) is 4.89. The minimum Gasteiger partial charge on any atom is -0.508 e. The average Bonchev–Trinajstić information content (AvgIpc) is 3.15. The number of fused-ring (bicyclic) bond motifs is 1. The summed E-state index contributed by atoms with van der Waals surface area (Å²) in [7, 11) is 0. The average molecular weight is 440 g/mol. The number of hydrogen-bond donors (Lipinski definition) is 4. The summed E-state index contributed by atoms with van der Waals surface area (Å²) in [6, 6.07) is 10.9. The van der Waals surface area contributed by atoms with E-state index in [1.807, 2.05) is 18.2 Å². The summed E-state index contributed by atoms with van der Waals surface area (Å²) in [6.45, 7) is 1.95. The topological polar surface area (TPSA) is 152 Å². The normalized spacial score (nSPS) is 11.9. The highest BCUT2D eigenvalue weighted by Gasteiger charge is 2.27. The first-order valence-corrected chi connectivity index (χ1v) is 10.1. The molecule has 0 unspecified atom stereocenters. The van der Waals surface area contributed by atoms with Gasteiger partial charge in [0, 0.05) is 23.1 Å². The van der Waals surface area contributed by atoms with Crippen molar-refractivity contribution in [1.82, 2.24) is 5.32 Å². The van der Waals surface area contributed by atoms with Crippen molar-refractivity contribution in [3.05, 3.63) is 53.6 Å². The van der Waals surface area contributed by atoms with Crippen LogP contribution in [0.1, 0.15) is 29.3 Å². The highest BCUT2D eigenvalue weighted by Crippen LogP contribution is 2.39. The summed E-state index contributed by atoms with van der Waals surface area (Å²) in [5.41, 5.74) is 6.74. The van der Waals surface area contributed by atoms with Crippen LogP contribution in [0.15, 0.2) is 46.9 Å². The summed E-state index contributed by atoms with van der Waals surface area (Å²) in [5.74, 6) is -2.32. The Morgan fingerprint density at radius 3 is 2.50 bits per heavy atom. The van der Waals surface area contributed by atoms with Crippen LogP contribution < -0.4 is 11.1 Å². The number of furan rings is 1. The fourth-order valence-corrected chi connectivity index (χ4v) is 3.51. The SMILES string of the molecule is CCOC(=O)c1c(-c2ccccc2)oc2ccc(O)c(CCN[C@@H](CC(N)=O)C(=O)O)c12. The van der Waals surface area contributed by atoms with Gasteiger partial charge in [-0.15, -0.1) is 0 Å². The van der Waals surface area contributed by atoms with Crippen LogP contribution in [-0.2, 0) is 20.7 Å². The van der Waals surface area contributed by atoms with Crippen molar-refractivity contribution in [2.75, 3.05) is 13.2 Å². The Bertz CT molecular complexity index is 1140. The molecule has 168 valence electrons. The van der Waals surface area contributed by atoms with Crippen LogP contribution in [0, 0.1) is 0 Å². The lowest BCUT2D eigenvalue weighted by molar-refractivity contribution is -0.141. The van der Waals surface area contributed by atoms with E-state index < -0.39 is 23.9 Å². The van der Waals surface area contributed by atoms with E-state index in [0.717, 1.165) is 0 Å². The molecule has 0 fully saturated rings. The second kappa shape index (κ2) is 9.97. The Labute approximate surface area is 183 Å². The van der Waals surface area contributed by atoms with Gasteiger partial charge in [0.15, 0.2) is 0 Å². The molecule has 1 amide bonds. The van der Waals surface area contributed by atoms with Gasteiger partial charge < -0.3 is 30.4 Å². The highest BCUT2D eigenvalue weighted by molar-refractivity contribution is 6.10. The molecule has 32 heavy (non-hydrogen) atoms. The molecular weight excluding hydrogens is 416 g/mol. The highest BCUT2D eigenvalue weighted by atomic mass is 16.5. The zero-order valence-electron chi connectivity index (χ0n) is 17.5. The summed E-state index contributed by atoms with van der Waals surface area (Å²) in [4.78, 5) is 35.3. The molecule has 5 N–H and O–H groups in total. The van der Waals surface area contributed by atoms with Crippen molar-refractivity contribution in [3.63, 3.8) is 0 Å². The van der Waals surface area contributed by atoms with Gasteiger partial charge in [0.2, 0.25) is 5.91 Å². The number of ether oxygens (including phenoxy) is 1. The summed E-state index contributed by atoms with van der Waals surface area (Å²) >= 11 is 0. The fraction of sp³-hybridized carbons (Fsp3) is 0.261. The zero-order chi connectivity index (χ0) is 23.3. The maximum absolute atomic E-state index is 12.9. The second-order valence-electron chi connectivity index (χ2n) is 7.09. The maximum Gasteiger partial charge on any atom is 0.342 e. The van der Waals surface area contributed by atoms with Crippen molar-refractivity contribution in [2.24, 2.45) is 5.73 Å². The number of aliphatic carboxylic acids is 1. The van der Waals surface area contributed by atoms with Crippen LogP contribution in [0.25, 0.3) is 22.3 Å².